The molecule has 1 fully saturated rings. The average molecular weight is 278 g/mol. The number of benzene rings is 1. The second-order valence-electron chi connectivity index (χ2n) is 5.00. The number of rotatable bonds is 5. The van der Waals surface area contributed by atoms with E-state index in [2.05, 4.69) is 6.07 Å². The Kier molecular flexibility index (Phi) is 4.24. The van der Waals surface area contributed by atoms with Gasteiger partial charge in [0.1, 0.15) is 5.92 Å². The van der Waals surface area contributed by atoms with Crippen molar-refractivity contribution in [3.05, 3.63) is 34.9 Å². The molecule has 4 heteroatoms. The fourth-order valence-corrected chi connectivity index (χ4v) is 2.56. The molecule has 1 aliphatic rings. The Morgan fingerprint density at radius 3 is 2.53 bits per heavy atom. The zero-order chi connectivity index (χ0) is 13.9. The molecule has 0 aliphatic heterocycles. The van der Waals surface area contributed by atoms with Crippen LogP contribution in [0.5, 0.6) is 0 Å². The zero-order valence-corrected chi connectivity index (χ0v) is 11.6. The lowest BCUT2D eigenvalue weighted by molar-refractivity contribution is -0.132. The first kappa shape index (κ1) is 14.0. The van der Waals surface area contributed by atoms with E-state index in [0.29, 0.717) is 17.0 Å². The minimum atomic E-state index is -0.732. The lowest BCUT2D eigenvalue weighted by atomic mass is 9.74. The molecule has 0 bridgehead atoms. The van der Waals surface area contributed by atoms with Gasteiger partial charge in [-0.1, -0.05) is 23.7 Å². The van der Waals surface area contributed by atoms with Crippen LogP contribution in [0.4, 0.5) is 0 Å². The average Bonchev–Trinajstić information content (AvgIpc) is 2.37. The highest BCUT2D eigenvalue weighted by Gasteiger charge is 2.40. The molecule has 3 nitrogen and oxygen atoms in total. The highest BCUT2D eigenvalue weighted by molar-refractivity contribution is 6.30. The van der Waals surface area contributed by atoms with E-state index in [1.807, 2.05) is 0 Å². The summed E-state index contributed by atoms with van der Waals surface area (Å²) in [6, 6.07) is 8.94. The number of halogens is 1. The number of carbonyl (C=O) groups excluding carboxylic acids is 1. The lowest BCUT2D eigenvalue weighted by Crippen LogP contribution is -2.42. The third-order valence-electron chi connectivity index (χ3n) is 3.85. The van der Waals surface area contributed by atoms with E-state index in [0.717, 1.165) is 19.3 Å². The normalized spacial score (nSPS) is 18.2. The summed E-state index contributed by atoms with van der Waals surface area (Å²) in [4.78, 5) is 12.3. The van der Waals surface area contributed by atoms with Crippen LogP contribution in [0.25, 0.3) is 0 Å². The van der Waals surface area contributed by atoms with Gasteiger partial charge in [-0.15, -0.1) is 0 Å². The fourth-order valence-electron chi connectivity index (χ4n) is 2.43. The van der Waals surface area contributed by atoms with Gasteiger partial charge in [0, 0.05) is 18.6 Å². The third kappa shape index (κ3) is 2.97. The minimum absolute atomic E-state index is 0.0774. The van der Waals surface area contributed by atoms with E-state index < -0.39 is 5.92 Å². The van der Waals surface area contributed by atoms with Crippen LogP contribution in [0, 0.1) is 11.3 Å². The molecule has 0 spiro atoms. The predicted octanol–water partition coefficient (Wildman–Crippen LogP) is 3.48. The minimum Gasteiger partial charge on any atom is -0.378 e. The molecule has 1 atom stereocenters. The number of Topliss-reactive ketones (excluding diaryl/α,β-unsaturated/α-hetero) is 1. The van der Waals surface area contributed by atoms with Crippen LogP contribution in [0.2, 0.25) is 5.02 Å². The maximum Gasteiger partial charge on any atom is 0.157 e. The van der Waals surface area contributed by atoms with Gasteiger partial charge in [-0.25, -0.2) is 0 Å². The number of nitrogens with zero attached hydrogens (tertiary/aromatic N) is 1. The summed E-state index contributed by atoms with van der Waals surface area (Å²) in [6.07, 6.45) is 3.19. The molecule has 1 aromatic carbocycles. The van der Waals surface area contributed by atoms with Crippen LogP contribution in [-0.4, -0.2) is 18.5 Å². The number of hydrogen-bond donors (Lipinski definition) is 0. The molecular formula is C15H16ClNO2. The van der Waals surface area contributed by atoms with Crippen molar-refractivity contribution in [2.24, 2.45) is 0 Å². The number of carbonyl (C=O) groups is 1. The predicted molar refractivity (Wildman–Crippen MR) is 73.0 cm³/mol. The molecule has 1 saturated carbocycles. The van der Waals surface area contributed by atoms with E-state index in [-0.39, 0.29) is 11.4 Å². The Hall–Kier alpha value is -1.37. The fraction of sp³-hybridized carbons (Fsp3) is 0.467. The quantitative estimate of drug-likeness (QED) is 0.828. The maximum absolute atomic E-state index is 12.3. The first-order chi connectivity index (χ1) is 9.10. The molecular weight excluding hydrogens is 262 g/mol. The van der Waals surface area contributed by atoms with Crippen molar-refractivity contribution in [1.29, 1.82) is 5.26 Å². The van der Waals surface area contributed by atoms with Gasteiger partial charge >= 0.3 is 0 Å². The van der Waals surface area contributed by atoms with Crippen molar-refractivity contribution in [3.63, 3.8) is 0 Å². The number of hydrogen-bond acceptors (Lipinski definition) is 3. The lowest BCUT2D eigenvalue weighted by Gasteiger charge is -2.40. The van der Waals surface area contributed by atoms with Crippen molar-refractivity contribution in [3.8, 4) is 6.07 Å². The molecule has 2 rings (SSSR count). The molecule has 0 radical (unpaired) electrons. The zero-order valence-electron chi connectivity index (χ0n) is 10.9. The molecule has 19 heavy (non-hydrogen) atoms. The SMILES string of the molecule is COC1(CC(=O)C(C#N)c2ccc(Cl)cc2)CCC1. The van der Waals surface area contributed by atoms with Crippen LogP contribution < -0.4 is 0 Å². The molecule has 0 amide bonds. The summed E-state index contributed by atoms with van der Waals surface area (Å²) in [5, 5.41) is 9.83. The van der Waals surface area contributed by atoms with Gasteiger partial charge in [0.2, 0.25) is 0 Å². The van der Waals surface area contributed by atoms with Crippen LogP contribution >= 0.6 is 11.6 Å². The highest BCUT2D eigenvalue weighted by atomic mass is 35.5. The summed E-state index contributed by atoms with van der Waals surface area (Å²) in [7, 11) is 1.64. The Labute approximate surface area is 118 Å². The largest absolute Gasteiger partial charge is 0.378 e. The second kappa shape index (κ2) is 5.73. The number of ether oxygens (including phenoxy) is 1. The topological polar surface area (TPSA) is 50.1 Å². The Morgan fingerprint density at radius 1 is 1.47 bits per heavy atom. The van der Waals surface area contributed by atoms with E-state index in [1.54, 1.807) is 31.4 Å². The summed E-state index contributed by atoms with van der Waals surface area (Å²) in [6.45, 7) is 0. The Bertz CT molecular complexity index is 494. The van der Waals surface area contributed by atoms with E-state index in [9.17, 15) is 10.1 Å². The van der Waals surface area contributed by atoms with Gasteiger partial charge in [-0.2, -0.15) is 5.26 Å². The summed E-state index contributed by atoms with van der Waals surface area (Å²) < 4.78 is 5.44. The second-order valence-corrected chi connectivity index (χ2v) is 5.43. The third-order valence-corrected chi connectivity index (χ3v) is 4.10. The smallest absolute Gasteiger partial charge is 0.157 e. The number of ketones is 1. The molecule has 0 saturated heterocycles. The van der Waals surface area contributed by atoms with Crippen LogP contribution in [0.3, 0.4) is 0 Å². The van der Waals surface area contributed by atoms with Crippen LogP contribution in [0.1, 0.15) is 37.2 Å². The molecule has 1 unspecified atom stereocenters. The molecule has 0 aromatic heterocycles. The van der Waals surface area contributed by atoms with Crippen molar-refractivity contribution in [2.45, 2.75) is 37.2 Å². The highest BCUT2D eigenvalue weighted by Crippen LogP contribution is 2.39. The molecule has 0 heterocycles. The van der Waals surface area contributed by atoms with Crippen molar-refractivity contribution >= 4 is 17.4 Å². The molecule has 1 aromatic rings. The van der Waals surface area contributed by atoms with Gasteiger partial charge in [-0.05, 0) is 37.0 Å². The van der Waals surface area contributed by atoms with E-state index >= 15 is 0 Å². The van der Waals surface area contributed by atoms with E-state index in [1.165, 1.54) is 0 Å². The Balaban J connectivity index is 2.11. The summed E-state index contributed by atoms with van der Waals surface area (Å²) in [5.41, 5.74) is 0.362. The van der Waals surface area contributed by atoms with Crippen LogP contribution in [0.15, 0.2) is 24.3 Å². The van der Waals surface area contributed by atoms with Gasteiger partial charge < -0.3 is 4.74 Å². The van der Waals surface area contributed by atoms with Gasteiger partial charge in [0.15, 0.2) is 5.78 Å². The summed E-state index contributed by atoms with van der Waals surface area (Å²) >= 11 is 5.81. The number of nitriles is 1. The Morgan fingerprint density at radius 2 is 2.11 bits per heavy atom. The van der Waals surface area contributed by atoms with Gasteiger partial charge in [0.05, 0.1) is 11.7 Å². The van der Waals surface area contributed by atoms with Gasteiger partial charge in [-0.3, -0.25) is 4.79 Å². The molecule has 100 valence electrons. The number of methoxy groups -OCH3 is 1. The van der Waals surface area contributed by atoms with E-state index in [4.69, 9.17) is 16.3 Å². The van der Waals surface area contributed by atoms with Crippen molar-refractivity contribution in [1.82, 2.24) is 0 Å². The van der Waals surface area contributed by atoms with Gasteiger partial charge in [0.25, 0.3) is 0 Å². The van der Waals surface area contributed by atoms with Crippen molar-refractivity contribution < 1.29 is 9.53 Å². The molecule has 0 N–H and O–H groups in total. The van der Waals surface area contributed by atoms with Crippen LogP contribution in [-0.2, 0) is 9.53 Å². The maximum atomic E-state index is 12.3. The first-order valence-corrected chi connectivity index (χ1v) is 6.71. The van der Waals surface area contributed by atoms with Crippen molar-refractivity contribution in [2.75, 3.05) is 7.11 Å². The first-order valence-electron chi connectivity index (χ1n) is 6.33. The summed E-state index contributed by atoms with van der Waals surface area (Å²) in [5.74, 6) is -0.809. The standard InChI is InChI=1S/C15H16ClNO2/c1-19-15(7-2-8-15)9-14(18)13(10-17)11-3-5-12(16)6-4-11/h3-6,13H,2,7-9H2,1H3. The monoisotopic (exact) mass is 277 g/mol. The molecule has 1 aliphatic carbocycles.